The van der Waals surface area contributed by atoms with Gasteiger partial charge in [0.05, 0.1) is 19.1 Å². The van der Waals surface area contributed by atoms with Gasteiger partial charge in [-0.15, -0.1) is 0 Å². The lowest BCUT2D eigenvalue weighted by Gasteiger charge is -2.06. The van der Waals surface area contributed by atoms with Gasteiger partial charge in [0.15, 0.2) is 0 Å². The Kier molecular flexibility index (Phi) is 4.02. The van der Waals surface area contributed by atoms with Crippen molar-refractivity contribution in [2.75, 3.05) is 12.8 Å². The predicted molar refractivity (Wildman–Crippen MR) is 99.6 cm³/mol. The smallest absolute Gasteiger partial charge is 0.232 e. The highest BCUT2D eigenvalue weighted by atomic mass is 16.5. The number of furan rings is 1. The molecule has 2 heterocycles. The van der Waals surface area contributed by atoms with Gasteiger partial charge >= 0.3 is 0 Å². The van der Waals surface area contributed by atoms with Crippen molar-refractivity contribution in [1.29, 1.82) is 0 Å². The summed E-state index contributed by atoms with van der Waals surface area (Å²) in [6.45, 7) is -0.0109. The maximum Gasteiger partial charge on any atom is 0.232 e. The SMILES string of the molecule is COc1ccc(-c2oc3ncnc(N)c3c2-c2ccc(CO)cc2)cc1. The number of ether oxygens (including phenoxy) is 1. The number of hydrogen-bond acceptors (Lipinski definition) is 6. The van der Waals surface area contributed by atoms with E-state index >= 15 is 0 Å². The molecule has 0 aliphatic rings. The molecular weight excluding hydrogens is 330 g/mol. The molecule has 0 aliphatic heterocycles. The van der Waals surface area contributed by atoms with E-state index in [2.05, 4.69) is 9.97 Å². The molecule has 0 radical (unpaired) electrons. The van der Waals surface area contributed by atoms with Crippen LogP contribution in [0, 0.1) is 0 Å². The van der Waals surface area contributed by atoms with Gasteiger partial charge in [-0.25, -0.2) is 9.97 Å². The molecular formula is C20H17N3O3. The Morgan fingerprint density at radius 3 is 2.35 bits per heavy atom. The van der Waals surface area contributed by atoms with Gasteiger partial charge < -0.3 is 20.0 Å². The molecule has 6 nitrogen and oxygen atoms in total. The van der Waals surface area contributed by atoms with E-state index in [0.717, 1.165) is 28.0 Å². The summed E-state index contributed by atoms with van der Waals surface area (Å²) in [5, 5.41) is 9.96. The Labute approximate surface area is 149 Å². The van der Waals surface area contributed by atoms with Crippen molar-refractivity contribution < 1.29 is 14.3 Å². The average Bonchev–Trinajstić information content (AvgIpc) is 3.09. The number of nitrogen functional groups attached to an aromatic ring is 1. The second-order valence-electron chi connectivity index (χ2n) is 5.83. The second kappa shape index (κ2) is 6.50. The minimum atomic E-state index is -0.0109. The Morgan fingerprint density at radius 1 is 1.00 bits per heavy atom. The number of rotatable bonds is 4. The molecule has 2 aromatic heterocycles. The van der Waals surface area contributed by atoms with Gasteiger partial charge in [-0.3, -0.25) is 0 Å². The molecule has 130 valence electrons. The van der Waals surface area contributed by atoms with E-state index in [-0.39, 0.29) is 6.61 Å². The number of methoxy groups -OCH3 is 1. The Morgan fingerprint density at radius 2 is 1.69 bits per heavy atom. The minimum absolute atomic E-state index is 0.0109. The molecule has 2 aromatic carbocycles. The molecule has 0 spiro atoms. The third kappa shape index (κ3) is 2.66. The summed E-state index contributed by atoms with van der Waals surface area (Å²) in [4.78, 5) is 8.33. The van der Waals surface area contributed by atoms with Crippen LogP contribution in [-0.4, -0.2) is 22.2 Å². The van der Waals surface area contributed by atoms with E-state index in [1.54, 1.807) is 7.11 Å². The Balaban J connectivity index is 1.98. The molecule has 3 N–H and O–H groups in total. The van der Waals surface area contributed by atoms with Gasteiger partial charge in [-0.2, -0.15) is 0 Å². The number of nitrogens with two attached hydrogens (primary N) is 1. The molecule has 4 aromatic rings. The standard InChI is InChI=1S/C20H17N3O3/c1-25-15-8-6-14(7-9-15)18-16(13-4-2-12(10-24)3-5-13)17-19(21)22-11-23-20(17)26-18/h2-9,11,24H,10H2,1H3,(H2,21,22,23). The first-order valence-corrected chi connectivity index (χ1v) is 8.09. The van der Waals surface area contributed by atoms with E-state index in [1.165, 1.54) is 6.33 Å². The van der Waals surface area contributed by atoms with Gasteiger partial charge in [0.2, 0.25) is 5.71 Å². The van der Waals surface area contributed by atoms with Crippen LogP contribution in [0.3, 0.4) is 0 Å². The monoisotopic (exact) mass is 347 g/mol. The van der Waals surface area contributed by atoms with Gasteiger partial charge in [0.1, 0.15) is 23.7 Å². The summed E-state index contributed by atoms with van der Waals surface area (Å²) < 4.78 is 11.3. The first-order valence-electron chi connectivity index (χ1n) is 8.09. The summed E-state index contributed by atoms with van der Waals surface area (Å²) in [5.74, 6) is 1.78. The van der Waals surface area contributed by atoms with Crippen molar-refractivity contribution in [3.05, 3.63) is 60.4 Å². The average molecular weight is 347 g/mol. The van der Waals surface area contributed by atoms with Crippen molar-refractivity contribution >= 4 is 16.9 Å². The lowest BCUT2D eigenvalue weighted by molar-refractivity contribution is 0.282. The van der Waals surface area contributed by atoms with E-state index < -0.39 is 0 Å². The van der Waals surface area contributed by atoms with Crippen LogP contribution < -0.4 is 10.5 Å². The van der Waals surface area contributed by atoms with E-state index in [9.17, 15) is 5.11 Å². The molecule has 0 fully saturated rings. The third-order valence-corrected chi connectivity index (χ3v) is 4.30. The number of aliphatic hydroxyl groups is 1. The maximum atomic E-state index is 9.29. The van der Waals surface area contributed by atoms with E-state index in [1.807, 2.05) is 48.5 Å². The van der Waals surface area contributed by atoms with E-state index in [4.69, 9.17) is 14.9 Å². The topological polar surface area (TPSA) is 94.4 Å². The molecule has 0 aliphatic carbocycles. The fraction of sp³-hybridized carbons (Fsp3) is 0.100. The van der Waals surface area contributed by atoms with Crippen LogP contribution >= 0.6 is 0 Å². The fourth-order valence-electron chi connectivity index (χ4n) is 2.95. The van der Waals surface area contributed by atoms with Crippen LogP contribution in [0.25, 0.3) is 33.6 Å². The molecule has 0 bridgehead atoms. The van der Waals surface area contributed by atoms with Crippen LogP contribution in [0.1, 0.15) is 5.56 Å². The molecule has 6 heteroatoms. The Hall–Kier alpha value is -3.38. The van der Waals surface area contributed by atoms with Crippen molar-refractivity contribution in [1.82, 2.24) is 9.97 Å². The van der Waals surface area contributed by atoms with Gasteiger partial charge in [0.25, 0.3) is 0 Å². The number of benzene rings is 2. The highest BCUT2D eigenvalue weighted by molar-refractivity contribution is 6.05. The highest BCUT2D eigenvalue weighted by Gasteiger charge is 2.21. The summed E-state index contributed by atoms with van der Waals surface area (Å²) >= 11 is 0. The molecule has 0 atom stereocenters. The normalized spacial score (nSPS) is 11.0. The van der Waals surface area contributed by atoms with Crippen molar-refractivity contribution in [2.45, 2.75) is 6.61 Å². The van der Waals surface area contributed by atoms with Gasteiger partial charge in [-0.05, 0) is 35.4 Å². The first kappa shape index (κ1) is 16.1. The van der Waals surface area contributed by atoms with Crippen LogP contribution in [-0.2, 0) is 6.61 Å². The maximum absolute atomic E-state index is 9.29. The number of hydrogen-bond donors (Lipinski definition) is 2. The number of nitrogens with zero attached hydrogens (tertiary/aromatic N) is 2. The number of aliphatic hydroxyl groups excluding tert-OH is 1. The first-order chi connectivity index (χ1) is 12.7. The van der Waals surface area contributed by atoms with Gasteiger partial charge in [0, 0.05) is 11.1 Å². The van der Waals surface area contributed by atoms with Crippen molar-refractivity contribution in [3.63, 3.8) is 0 Å². The highest BCUT2D eigenvalue weighted by Crippen LogP contribution is 2.42. The van der Waals surface area contributed by atoms with Gasteiger partial charge in [-0.1, -0.05) is 24.3 Å². The van der Waals surface area contributed by atoms with Crippen LogP contribution in [0.2, 0.25) is 0 Å². The van der Waals surface area contributed by atoms with Crippen LogP contribution in [0.4, 0.5) is 5.82 Å². The Bertz CT molecular complexity index is 1050. The van der Waals surface area contributed by atoms with E-state index in [0.29, 0.717) is 22.7 Å². The third-order valence-electron chi connectivity index (χ3n) is 4.30. The number of anilines is 1. The zero-order valence-corrected chi connectivity index (χ0v) is 14.1. The number of aromatic nitrogens is 2. The van der Waals surface area contributed by atoms with Crippen molar-refractivity contribution in [3.8, 4) is 28.2 Å². The second-order valence-corrected chi connectivity index (χ2v) is 5.83. The van der Waals surface area contributed by atoms with Crippen molar-refractivity contribution in [2.24, 2.45) is 0 Å². The zero-order chi connectivity index (χ0) is 18.1. The lowest BCUT2D eigenvalue weighted by Crippen LogP contribution is -1.92. The quantitative estimate of drug-likeness (QED) is 0.585. The fourth-order valence-corrected chi connectivity index (χ4v) is 2.95. The molecule has 4 rings (SSSR count). The minimum Gasteiger partial charge on any atom is -0.497 e. The molecule has 0 saturated carbocycles. The lowest BCUT2D eigenvalue weighted by atomic mass is 9.98. The van der Waals surface area contributed by atoms with Crippen LogP contribution in [0.5, 0.6) is 5.75 Å². The summed E-state index contributed by atoms with van der Waals surface area (Å²) in [6.07, 6.45) is 1.39. The summed E-state index contributed by atoms with van der Waals surface area (Å²) in [5.41, 5.74) is 10.00. The summed E-state index contributed by atoms with van der Waals surface area (Å²) in [7, 11) is 1.63. The molecule has 0 amide bonds. The molecule has 26 heavy (non-hydrogen) atoms. The predicted octanol–water partition coefficient (Wildman–Crippen LogP) is 3.64. The number of fused-ring (bicyclic) bond motifs is 1. The zero-order valence-electron chi connectivity index (χ0n) is 14.1. The summed E-state index contributed by atoms with van der Waals surface area (Å²) in [6, 6.07) is 15.2. The largest absolute Gasteiger partial charge is 0.497 e. The van der Waals surface area contributed by atoms with Crippen LogP contribution in [0.15, 0.2) is 59.3 Å². The molecule has 0 saturated heterocycles. The molecule has 0 unspecified atom stereocenters.